The molecular weight excluding hydrogens is 967 g/mol. The summed E-state index contributed by atoms with van der Waals surface area (Å²) in [7, 11) is 0. The van der Waals surface area contributed by atoms with Gasteiger partial charge in [-0.25, -0.2) is 8.78 Å². The van der Waals surface area contributed by atoms with Crippen molar-refractivity contribution in [2.45, 2.75) is 17.8 Å². The van der Waals surface area contributed by atoms with Crippen molar-refractivity contribution in [3.05, 3.63) is 176 Å². The van der Waals surface area contributed by atoms with Gasteiger partial charge in [0, 0.05) is 0 Å². The summed E-state index contributed by atoms with van der Waals surface area (Å²) in [6.07, 6.45) is -12.3. The minimum atomic E-state index is -6.16. The molecule has 4 amide bonds. The average molecular weight is 996 g/mol. The number of carbonyl (C=O) groups is 4. The predicted molar refractivity (Wildman–Crippen MR) is 232 cm³/mol. The molecule has 352 valence electrons. The van der Waals surface area contributed by atoms with Gasteiger partial charge >= 0.3 is 12.4 Å². The van der Waals surface area contributed by atoms with Crippen LogP contribution in [0, 0.1) is 11.6 Å². The second kappa shape index (κ2) is 18.8. The van der Waals surface area contributed by atoms with Gasteiger partial charge < -0.3 is 9.47 Å². The number of ether oxygens (including phenoxy) is 2. The quantitative estimate of drug-likeness (QED) is 0.0604. The van der Waals surface area contributed by atoms with Crippen molar-refractivity contribution in [3.8, 4) is 11.5 Å². The summed E-state index contributed by atoms with van der Waals surface area (Å²) in [5, 5.41) is 15.6. The lowest BCUT2D eigenvalue weighted by Crippen LogP contribution is -2.55. The van der Waals surface area contributed by atoms with Gasteiger partial charge in [-0.1, -0.05) is 35.3 Å². The van der Waals surface area contributed by atoms with E-state index in [2.05, 4.69) is 20.5 Å². The molecule has 0 radical (unpaired) electrons. The van der Waals surface area contributed by atoms with Gasteiger partial charge in [-0.15, -0.1) is 0 Å². The Labute approximate surface area is 394 Å². The molecule has 8 rings (SSSR count). The van der Waals surface area contributed by atoms with Gasteiger partial charge in [0.15, 0.2) is 0 Å². The zero-order chi connectivity index (χ0) is 49.4. The zero-order valence-electron chi connectivity index (χ0n) is 34.8. The highest BCUT2D eigenvalue weighted by Crippen LogP contribution is 2.57. The van der Waals surface area contributed by atoms with Gasteiger partial charge in [0.25, 0.3) is 23.6 Å². The van der Waals surface area contributed by atoms with Crippen LogP contribution in [0.1, 0.15) is 52.6 Å². The maximum absolute atomic E-state index is 15.3. The topological polar surface area (TPSA) is 143 Å². The van der Waals surface area contributed by atoms with E-state index < -0.39 is 99.5 Å². The standard InChI is InChI=1S/C47H28Cl2F8N6O6/c48-37-23-29(7-15-39(37)50)60-58-27-3-9-31(10-4-27)68-19-17-62-41(64)33-13-1-25(21-35(33)43(62)66)45(46(52,53)54,47(55,56)57)26-2-14-34-36(22-26)44(67)63(42(34)65)18-20-69-32-11-5-28(6-12-32)59-61-30-8-16-40(51)38(49)24-30/h1-16,21-24H,17-20H2. The first kappa shape index (κ1) is 47.9. The number of azo groups is 2. The van der Waals surface area contributed by atoms with Gasteiger partial charge in [0.05, 0.1) is 68.1 Å². The van der Waals surface area contributed by atoms with Crippen LogP contribution in [-0.2, 0) is 5.41 Å². The molecule has 0 spiro atoms. The molecule has 2 aliphatic heterocycles. The first-order valence-corrected chi connectivity index (χ1v) is 20.9. The van der Waals surface area contributed by atoms with Crippen LogP contribution in [0.4, 0.5) is 57.9 Å². The molecule has 0 aromatic heterocycles. The maximum Gasteiger partial charge on any atom is 0.411 e. The van der Waals surface area contributed by atoms with Crippen molar-refractivity contribution < 1.29 is 63.8 Å². The van der Waals surface area contributed by atoms with E-state index in [1.54, 1.807) is 0 Å². The van der Waals surface area contributed by atoms with Crippen LogP contribution in [0.3, 0.4) is 0 Å². The van der Waals surface area contributed by atoms with E-state index in [0.717, 1.165) is 12.1 Å². The Morgan fingerprint density at radius 3 is 1.12 bits per heavy atom. The first-order chi connectivity index (χ1) is 32.8. The predicted octanol–water partition coefficient (Wildman–Crippen LogP) is 12.9. The molecule has 0 saturated heterocycles. The van der Waals surface area contributed by atoms with Gasteiger partial charge in [-0.3, -0.25) is 29.0 Å². The summed E-state index contributed by atoms with van der Waals surface area (Å²) in [4.78, 5) is 54.8. The maximum atomic E-state index is 15.3. The fourth-order valence-corrected chi connectivity index (χ4v) is 7.84. The first-order valence-electron chi connectivity index (χ1n) is 20.1. The average Bonchev–Trinajstić information content (AvgIpc) is 3.69. The van der Waals surface area contributed by atoms with Gasteiger partial charge in [-0.2, -0.15) is 46.8 Å². The molecule has 2 heterocycles. The fourth-order valence-electron chi connectivity index (χ4n) is 7.49. The number of hydrogen-bond acceptors (Lipinski definition) is 10. The molecule has 0 N–H and O–H groups in total. The normalized spacial score (nSPS) is 14.1. The van der Waals surface area contributed by atoms with Gasteiger partial charge in [-0.05, 0) is 120 Å². The number of nitrogens with zero attached hydrogens (tertiary/aromatic N) is 6. The van der Waals surface area contributed by atoms with E-state index in [-0.39, 0.29) is 46.1 Å². The highest BCUT2D eigenvalue weighted by Gasteiger charge is 2.73. The Hall–Kier alpha value is -7.58. The lowest BCUT2D eigenvalue weighted by molar-refractivity contribution is -0.288. The molecule has 6 aromatic carbocycles. The van der Waals surface area contributed by atoms with E-state index in [4.69, 9.17) is 32.7 Å². The largest absolute Gasteiger partial charge is 0.492 e. The van der Waals surface area contributed by atoms with Crippen LogP contribution >= 0.6 is 23.2 Å². The van der Waals surface area contributed by atoms with Crippen LogP contribution in [0.15, 0.2) is 142 Å². The minimum Gasteiger partial charge on any atom is -0.492 e. The third-order valence-electron chi connectivity index (χ3n) is 10.9. The molecule has 0 fully saturated rings. The lowest BCUT2D eigenvalue weighted by atomic mass is 9.71. The van der Waals surface area contributed by atoms with Crippen molar-refractivity contribution in [1.82, 2.24) is 9.80 Å². The summed E-state index contributed by atoms with van der Waals surface area (Å²) in [5.74, 6) is -5.14. The molecule has 0 atom stereocenters. The van der Waals surface area contributed by atoms with Crippen molar-refractivity contribution in [1.29, 1.82) is 0 Å². The summed E-state index contributed by atoms with van der Waals surface area (Å²) >= 11 is 11.5. The van der Waals surface area contributed by atoms with Crippen molar-refractivity contribution in [3.63, 3.8) is 0 Å². The summed E-state index contributed by atoms with van der Waals surface area (Å²) in [6.45, 7) is -1.55. The van der Waals surface area contributed by atoms with E-state index in [9.17, 15) is 28.0 Å². The fraction of sp³-hybridized carbons (Fsp3) is 0.149. The number of amides is 4. The van der Waals surface area contributed by atoms with Crippen molar-refractivity contribution >= 4 is 69.6 Å². The summed E-state index contributed by atoms with van der Waals surface area (Å²) in [5.41, 5.74) is -8.93. The SMILES string of the molecule is O=C1c2ccc(C(c3ccc4c(c3)C(=O)N(CCOc3ccc(N=Nc5ccc(F)c(Cl)c5)cc3)C4=O)(C(F)(F)F)C(F)(F)F)cc2C(=O)N1CCOc1ccc(N=Nc2ccc(F)c(Cl)c2)cc1. The van der Waals surface area contributed by atoms with Crippen LogP contribution in [0.2, 0.25) is 10.0 Å². The zero-order valence-corrected chi connectivity index (χ0v) is 36.3. The highest BCUT2D eigenvalue weighted by atomic mass is 35.5. The van der Waals surface area contributed by atoms with Crippen LogP contribution in [0.5, 0.6) is 11.5 Å². The Morgan fingerprint density at radius 2 is 0.768 bits per heavy atom. The molecule has 69 heavy (non-hydrogen) atoms. The summed E-state index contributed by atoms with van der Waals surface area (Å²) < 4.78 is 130. The molecule has 22 heteroatoms. The van der Waals surface area contributed by atoms with Gasteiger partial charge in [0.2, 0.25) is 5.41 Å². The third-order valence-corrected chi connectivity index (χ3v) is 11.4. The molecular formula is C47H28Cl2F8N6O6. The van der Waals surface area contributed by atoms with Crippen LogP contribution in [0.25, 0.3) is 0 Å². The van der Waals surface area contributed by atoms with E-state index in [0.29, 0.717) is 57.6 Å². The summed E-state index contributed by atoms with van der Waals surface area (Å²) in [6, 6.07) is 22.3. The van der Waals surface area contributed by atoms with E-state index in [1.165, 1.54) is 72.8 Å². The van der Waals surface area contributed by atoms with E-state index >= 15 is 26.3 Å². The highest BCUT2D eigenvalue weighted by molar-refractivity contribution is 6.31. The minimum absolute atomic E-state index is 0.147. The Morgan fingerprint density at radius 1 is 0.435 bits per heavy atom. The Balaban J connectivity index is 0.950. The molecule has 12 nitrogen and oxygen atoms in total. The number of imide groups is 2. The molecule has 0 aliphatic carbocycles. The van der Waals surface area contributed by atoms with Crippen molar-refractivity contribution in [2.24, 2.45) is 20.5 Å². The smallest absolute Gasteiger partial charge is 0.411 e. The van der Waals surface area contributed by atoms with Gasteiger partial charge in [0.1, 0.15) is 36.3 Å². The second-order valence-corrected chi connectivity index (χ2v) is 15.9. The Bertz CT molecular complexity index is 2890. The molecule has 2 aliphatic rings. The number of halogens is 10. The molecule has 0 bridgehead atoms. The molecule has 0 saturated carbocycles. The lowest BCUT2D eigenvalue weighted by Gasteiger charge is -2.38. The molecule has 0 unspecified atom stereocenters. The van der Waals surface area contributed by atoms with Crippen LogP contribution in [-0.4, -0.2) is 72.1 Å². The number of alkyl halides is 6. The number of benzene rings is 6. The van der Waals surface area contributed by atoms with Crippen LogP contribution < -0.4 is 9.47 Å². The number of fused-ring (bicyclic) bond motifs is 2. The monoisotopic (exact) mass is 994 g/mol. The molecule has 6 aromatic rings. The third kappa shape index (κ3) is 9.36. The second-order valence-electron chi connectivity index (χ2n) is 15.1. The number of hydrogen-bond donors (Lipinski definition) is 0. The van der Waals surface area contributed by atoms with Crippen molar-refractivity contribution in [2.75, 3.05) is 26.3 Å². The Kier molecular flexibility index (Phi) is 13.1. The number of carbonyl (C=O) groups excluding carboxylic acids is 4. The number of rotatable bonds is 14. The van der Waals surface area contributed by atoms with E-state index in [1.807, 2.05) is 0 Å².